The number of hydrogen-bond donors (Lipinski definition) is 1. The van der Waals surface area contributed by atoms with E-state index in [0.717, 1.165) is 13.0 Å². The van der Waals surface area contributed by atoms with E-state index in [9.17, 15) is 0 Å². The van der Waals surface area contributed by atoms with Crippen LogP contribution in [-0.4, -0.2) is 36.3 Å². The van der Waals surface area contributed by atoms with Crippen LogP contribution in [0.1, 0.15) is 12.8 Å². The van der Waals surface area contributed by atoms with E-state index in [1.54, 1.807) is 0 Å². The number of rotatable bonds is 4. The molecule has 0 saturated carbocycles. The van der Waals surface area contributed by atoms with Gasteiger partial charge in [-0.1, -0.05) is 11.6 Å². The summed E-state index contributed by atoms with van der Waals surface area (Å²) in [5.74, 6) is 0.377. The van der Waals surface area contributed by atoms with Crippen LogP contribution in [0.3, 0.4) is 0 Å². The molecule has 6 heteroatoms. The highest BCUT2D eigenvalue weighted by Crippen LogP contribution is 2.23. The van der Waals surface area contributed by atoms with Gasteiger partial charge in [0.2, 0.25) is 5.88 Å². The number of ether oxygens (including phenoxy) is 2. The third kappa shape index (κ3) is 2.74. The van der Waals surface area contributed by atoms with E-state index in [2.05, 4.69) is 15.3 Å². The molecule has 2 heterocycles. The van der Waals surface area contributed by atoms with Crippen LogP contribution in [0.5, 0.6) is 11.9 Å². The molecule has 0 radical (unpaired) electrons. The lowest BCUT2D eigenvalue weighted by Gasteiger charge is -2.12. The molecule has 1 aromatic heterocycles. The van der Waals surface area contributed by atoms with Crippen LogP contribution >= 0.6 is 11.6 Å². The van der Waals surface area contributed by atoms with Gasteiger partial charge in [0.05, 0.1) is 13.3 Å². The zero-order valence-electron chi connectivity index (χ0n) is 9.07. The van der Waals surface area contributed by atoms with Crippen molar-refractivity contribution in [3.05, 3.63) is 11.2 Å². The molecule has 16 heavy (non-hydrogen) atoms. The molecule has 1 aromatic rings. The largest absolute Gasteiger partial charge is 0.475 e. The Morgan fingerprint density at radius 2 is 2.50 bits per heavy atom. The van der Waals surface area contributed by atoms with E-state index in [4.69, 9.17) is 21.1 Å². The number of nitrogens with zero attached hydrogens (tertiary/aromatic N) is 2. The van der Waals surface area contributed by atoms with Crippen molar-refractivity contribution in [1.29, 1.82) is 0 Å². The summed E-state index contributed by atoms with van der Waals surface area (Å²) in [6.07, 6.45) is 3.79. The summed E-state index contributed by atoms with van der Waals surface area (Å²) in [7, 11) is 1.51. The van der Waals surface area contributed by atoms with Crippen molar-refractivity contribution >= 4 is 11.6 Å². The summed E-state index contributed by atoms with van der Waals surface area (Å²) in [5, 5.41) is 3.73. The van der Waals surface area contributed by atoms with E-state index < -0.39 is 0 Å². The SMILES string of the molecule is COc1ncc(Cl)c(OCC2CCCN2)n1. The van der Waals surface area contributed by atoms with Crippen molar-refractivity contribution in [2.45, 2.75) is 18.9 Å². The van der Waals surface area contributed by atoms with Crippen molar-refractivity contribution in [3.63, 3.8) is 0 Å². The molecular weight excluding hydrogens is 230 g/mol. The maximum atomic E-state index is 5.91. The van der Waals surface area contributed by atoms with Gasteiger partial charge in [0, 0.05) is 6.04 Å². The predicted molar refractivity (Wildman–Crippen MR) is 60.1 cm³/mol. The Balaban J connectivity index is 1.96. The fourth-order valence-electron chi connectivity index (χ4n) is 1.61. The van der Waals surface area contributed by atoms with Gasteiger partial charge in [0.1, 0.15) is 11.6 Å². The van der Waals surface area contributed by atoms with Gasteiger partial charge in [0.25, 0.3) is 0 Å². The zero-order valence-corrected chi connectivity index (χ0v) is 9.83. The standard InChI is InChI=1S/C10H14ClN3O2/c1-15-10-13-5-8(11)9(14-10)16-6-7-3-2-4-12-7/h5,7,12H,2-4,6H2,1H3. The first kappa shape index (κ1) is 11.4. The maximum absolute atomic E-state index is 5.91. The van der Waals surface area contributed by atoms with Gasteiger partial charge in [-0.3, -0.25) is 0 Å². The van der Waals surface area contributed by atoms with Crippen molar-refractivity contribution in [1.82, 2.24) is 15.3 Å². The minimum Gasteiger partial charge on any atom is -0.475 e. The first-order valence-corrected chi connectivity index (χ1v) is 5.60. The normalized spacial score (nSPS) is 19.8. The lowest BCUT2D eigenvalue weighted by atomic mass is 10.2. The molecular formula is C10H14ClN3O2. The maximum Gasteiger partial charge on any atom is 0.319 e. The summed E-state index contributed by atoms with van der Waals surface area (Å²) in [4.78, 5) is 7.91. The molecule has 1 N–H and O–H groups in total. The number of halogens is 1. The summed E-state index contributed by atoms with van der Waals surface area (Å²) in [5.41, 5.74) is 0. The van der Waals surface area contributed by atoms with Gasteiger partial charge in [0.15, 0.2) is 0 Å². The van der Waals surface area contributed by atoms with Crippen molar-refractivity contribution in [3.8, 4) is 11.9 Å². The van der Waals surface area contributed by atoms with Gasteiger partial charge in [-0.15, -0.1) is 0 Å². The molecule has 0 spiro atoms. The molecule has 1 atom stereocenters. The molecule has 2 rings (SSSR count). The van der Waals surface area contributed by atoms with Crippen molar-refractivity contribution < 1.29 is 9.47 Å². The zero-order chi connectivity index (χ0) is 11.4. The van der Waals surface area contributed by atoms with Gasteiger partial charge in [-0.05, 0) is 19.4 Å². The molecule has 5 nitrogen and oxygen atoms in total. The summed E-state index contributed by atoms with van der Waals surface area (Å²) in [6.45, 7) is 1.62. The molecule has 0 aromatic carbocycles. The molecule has 1 aliphatic heterocycles. The molecule has 0 aliphatic carbocycles. The molecule has 1 fully saturated rings. The number of methoxy groups -OCH3 is 1. The molecule has 0 amide bonds. The van der Waals surface area contributed by atoms with E-state index in [0.29, 0.717) is 23.6 Å². The molecule has 1 saturated heterocycles. The fraction of sp³-hybridized carbons (Fsp3) is 0.600. The summed E-state index contributed by atoms with van der Waals surface area (Å²) in [6, 6.07) is 0.649. The first-order valence-electron chi connectivity index (χ1n) is 5.22. The van der Waals surface area contributed by atoms with E-state index in [1.165, 1.54) is 19.7 Å². The van der Waals surface area contributed by atoms with E-state index >= 15 is 0 Å². The van der Waals surface area contributed by atoms with Crippen LogP contribution in [0.15, 0.2) is 6.20 Å². The summed E-state index contributed by atoms with van der Waals surface area (Å²) < 4.78 is 10.4. The van der Waals surface area contributed by atoms with Crippen LogP contribution in [0.4, 0.5) is 0 Å². The van der Waals surface area contributed by atoms with E-state index in [-0.39, 0.29) is 6.01 Å². The highest BCUT2D eigenvalue weighted by molar-refractivity contribution is 6.31. The smallest absolute Gasteiger partial charge is 0.319 e. The van der Waals surface area contributed by atoms with Gasteiger partial charge in [-0.2, -0.15) is 4.98 Å². The summed E-state index contributed by atoms with van der Waals surface area (Å²) >= 11 is 5.91. The minimum atomic E-state index is 0.263. The second-order valence-electron chi connectivity index (χ2n) is 3.61. The number of nitrogens with one attached hydrogen (secondary N) is 1. The van der Waals surface area contributed by atoms with E-state index in [1.807, 2.05) is 0 Å². The first-order chi connectivity index (χ1) is 7.79. The lowest BCUT2D eigenvalue weighted by molar-refractivity contribution is 0.261. The van der Waals surface area contributed by atoms with Crippen LogP contribution in [-0.2, 0) is 0 Å². The fourth-order valence-corrected chi connectivity index (χ4v) is 1.76. The van der Waals surface area contributed by atoms with Crippen LogP contribution < -0.4 is 14.8 Å². The molecule has 0 bridgehead atoms. The van der Waals surface area contributed by atoms with Crippen LogP contribution in [0.25, 0.3) is 0 Å². The van der Waals surface area contributed by atoms with Crippen molar-refractivity contribution in [2.24, 2.45) is 0 Å². The van der Waals surface area contributed by atoms with Gasteiger partial charge in [-0.25, -0.2) is 4.98 Å². The quantitative estimate of drug-likeness (QED) is 0.863. The topological polar surface area (TPSA) is 56.3 Å². The molecule has 88 valence electrons. The molecule has 1 aliphatic rings. The number of aromatic nitrogens is 2. The minimum absolute atomic E-state index is 0.263. The highest BCUT2D eigenvalue weighted by atomic mass is 35.5. The Hall–Kier alpha value is -1.07. The predicted octanol–water partition coefficient (Wildman–Crippen LogP) is 1.27. The Kier molecular flexibility index (Phi) is 3.79. The Labute approximate surface area is 99.1 Å². The monoisotopic (exact) mass is 243 g/mol. The average molecular weight is 244 g/mol. The highest BCUT2D eigenvalue weighted by Gasteiger charge is 2.16. The van der Waals surface area contributed by atoms with Crippen LogP contribution in [0.2, 0.25) is 5.02 Å². The Morgan fingerprint density at radius 1 is 1.62 bits per heavy atom. The lowest BCUT2D eigenvalue weighted by Crippen LogP contribution is -2.28. The van der Waals surface area contributed by atoms with Crippen LogP contribution in [0, 0.1) is 0 Å². The second-order valence-corrected chi connectivity index (χ2v) is 4.02. The third-order valence-corrected chi connectivity index (χ3v) is 2.72. The number of hydrogen-bond acceptors (Lipinski definition) is 5. The molecule has 1 unspecified atom stereocenters. The Morgan fingerprint density at radius 3 is 3.19 bits per heavy atom. The second kappa shape index (κ2) is 5.32. The Bertz CT molecular complexity index is 356. The van der Waals surface area contributed by atoms with Gasteiger partial charge < -0.3 is 14.8 Å². The van der Waals surface area contributed by atoms with Gasteiger partial charge >= 0.3 is 6.01 Å². The average Bonchev–Trinajstić information content (AvgIpc) is 2.81. The van der Waals surface area contributed by atoms with Crippen molar-refractivity contribution in [2.75, 3.05) is 20.3 Å². The third-order valence-electron chi connectivity index (χ3n) is 2.46.